The van der Waals surface area contributed by atoms with E-state index >= 15 is 0 Å². The number of anilines is 1. The van der Waals surface area contributed by atoms with Gasteiger partial charge in [-0.05, 0) is 31.0 Å². The van der Waals surface area contributed by atoms with Gasteiger partial charge in [-0.2, -0.15) is 8.42 Å². The fraction of sp³-hybridized carbons (Fsp3) is 0.205. The van der Waals surface area contributed by atoms with Crippen LogP contribution in [0.2, 0.25) is 0 Å². The Bertz CT molecular complexity index is 2870. The molecule has 332 valence electrons. The number of hydrazine groups is 1. The smallest absolute Gasteiger partial charge is 0.353 e. The van der Waals surface area contributed by atoms with E-state index in [4.69, 9.17) is 15.3 Å². The average Bonchev–Trinajstić information content (AvgIpc) is 3.86. The number of nitrogens with one attached hydrogen (secondary N) is 4. The van der Waals surface area contributed by atoms with E-state index in [9.17, 15) is 52.2 Å². The highest BCUT2D eigenvalue weighted by molar-refractivity contribution is 7.88. The van der Waals surface area contributed by atoms with Crippen LogP contribution in [0.4, 0.5) is 14.7 Å². The number of aromatic amines is 1. The number of hydrogen-bond acceptors (Lipinski definition) is 17. The number of oxime groups is 1. The number of urea groups is 2. The average molecular weight is 917 g/mol. The Balaban J connectivity index is 0.963. The van der Waals surface area contributed by atoms with Crippen molar-refractivity contribution in [2.24, 2.45) is 5.16 Å². The highest BCUT2D eigenvalue weighted by Crippen LogP contribution is 2.30. The van der Waals surface area contributed by atoms with Crippen LogP contribution in [0.1, 0.15) is 47.1 Å². The lowest BCUT2D eigenvalue weighted by Crippen LogP contribution is -2.68. The minimum absolute atomic E-state index is 0.0399. The number of phenols is 2. The molecule has 3 aromatic carbocycles. The molecule has 2 saturated heterocycles. The van der Waals surface area contributed by atoms with Gasteiger partial charge in [-0.25, -0.2) is 33.4 Å². The Labute approximate surface area is 365 Å². The molecule has 0 spiro atoms. The third-order valence-electron chi connectivity index (χ3n) is 9.68. The number of amides is 7. The Morgan fingerprint density at radius 2 is 1.62 bits per heavy atom. The predicted molar refractivity (Wildman–Crippen MR) is 224 cm³/mol. The summed E-state index contributed by atoms with van der Waals surface area (Å²) in [4.78, 5) is 105. The summed E-state index contributed by atoms with van der Waals surface area (Å²) in [6, 6.07) is 15.7. The largest absolute Gasteiger partial charge is 0.504 e. The topological polar surface area (TPSA) is 325 Å². The van der Waals surface area contributed by atoms with Crippen molar-refractivity contribution in [1.29, 1.82) is 0 Å². The molecule has 7 amide bonds. The number of ether oxygens (including phenoxy) is 1. The number of imide groups is 1. The fourth-order valence-corrected chi connectivity index (χ4v) is 7.85. The maximum Gasteiger partial charge on any atom is 0.353 e. The van der Waals surface area contributed by atoms with Crippen LogP contribution in [-0.2, 0) is 34.2 Å². The molecule has 2 fully saturated rings. The molecular weight excluding hydrogens is 881 g/mol. The van der Waals surface area contributed by atoms with Crippen molar-refractivity contribution in [3.63, 3.8) is 0 Å². The van der Waals surface area contributed by atoms with Crippen LogP contribution < -0.4 is 26.6 Å². The van der Waals surface area contributed by atoms with E-state index in [1.807, 2.05) is 12.1 Å². The monoisotopic (exact) mass is 916 g/mol. The van der Waals surface area contributed by atoms with Crippen LogP contribution in [0.5, 0.6) is 11.5 Å². The van der Waals surface area contributed by atoms with Gasteiger partial charge >= 0.3 is 28.2 Å². The van der Waals surface area contributed by atoms with Crippen LogP contribution in [-0.4, -0.2) is 116 Å². The van der Waals surface area contributed by atoms with Crippen LogP contribution in [0.15, 0.2) is 94.3 Å². The molecular formula is C39H36N10O13S2. The first-order valence-corrected chi connectivity index (χ1v) is 21.1. The number of H-pyrrole nitrogens is 1. The van der Waals surface area contributed by atoms with Gasteiger partial charge in [-0.1, -0.05) is 65.8 Å². The second-order valence-corrected chi connectivity index (χ2v) is 17.0. The molecule has 64 heavy (non-hydrogen) atoms. The van der Waals surface area contributed by atoms with E-state index in [1.54, 1.807) is 53.3 Å². The number of nitrogens with zero attached hydrogens (tertiary/aromatic N) is 5. The number of esters is 1. The highest BCUT2D eigenvalue weighted by atomic mass is 32.2. The molecule has 25 heteroatoms. The van der Waals surface area contributed by atoms with Gasteiger partial charge in [0.25, 0.3) is 17.7 Å². The molecule has 5 aromatic rings. The minimum Gasteiger partial charge on any atom is -0.504 e. The number of pyridine rings is 1. The number of aromatic hydroxyl groups is 2. The van der Waals surface area contributed by atoms with Crippen molar-refractivity contribution in [2.45, 2.75) is 31.6 Å². The van der Waals surface area contributed by atoms with Crippen LogP contribution in [0.25, 0.3) is 10.9 Å². The number of aromatic nitrogens is 2. The van der Waals surface area contributed by atoms with E-state index in [2.05, 4.69) is 25.9 Å². The quantitative estimate of drug-likeness (QED) is 0.0287. The molecule has 2 aliphatic heterocycles. The van der Waals surface area contributed by atoms with Crippen molar-refractivity contribution in [2.75, 3.05) is 25.4 Å². The Kier molecular flexibility index (Phi) is 11.9. The second kappa shape index (κ2) is 17.4. The first-order chi connectivity index (χ1) is 30.3. The maximum atomic E-state index is 13.6. The molecule has 7 rings (SSSR count). The number of nitrogens with two attached hydrogens (primary N) is 1. The van der Waals surface area contributed by atoms with Gasteiger partial charge in [0.2, 0.25) is 11.0 Å². The van der Waals surface area contributed by atoms with E-state index in [-0.39, 0.29) is 26.0 Å². The molecule has 8 N–H and O–H groups in total. The number of carbonyl (C=O) groups excluding carboxylic acids is 6. The zero-order chi connectivity index (χ0) is 46.1. The summed E-state index contributed by atoms with van der Waals surface area (Å²) in [7, 11) is -4.99. The number of thiazole rings is 1. The summed E-state index contributed by atoms with van der Waals surface area (Å²) in [6.07, 6.45) is 0.156. The first-order valence-electron chi connectivity index (χ1n) is 18.8. The standard InChI is InChI=1S/C39H36N10O13S2/c1-39(2,35(56)61-31(20-9-5-3-6-10-20)21-11-7-4-8-12-21)62-45-29(26-19-63-36(40)43-26)33(54)42-25-18-47(34(25)55)37(57)46-64(59,60)49-14-13-48(38(49)58)44-32(53)23-17-41-24-16-28(51)27(50)15-22(24)30(23)52/h3-12,15-17,19,25,31,50-51H,13-14,18H2,1-2H3,(H2,40,43)(H,41,52)(H,42,54)(H,44,53)(H,46,57). The lowest BCUT2D eigenvalue weighted by Gasteiger charge is -2.36. The molecule has 1 atom stereocenters. The van der Waals surface area contributed by atoms with Crippen molar-refractivity contribution in [3.05, 3.63) is 117 Å². The zero-order valence-corrected chi connectivity index (χ0v) is 35.0. The summed E-state index contributed by atoms with van der Waals surface area (Å²) in [5.74, 6) is -5.24. The third kappa shape index (κ3) is 8.95. The van der Waals surface area contributed by atoms with Crippen LogP contribution >= 0.6 is 11.3 Å². The van der Waals surface area contributed by atoms with E-state index in [0.717, 1.165) is 29.7 Å². The van der Waals surface area contributed by atoms with Crippen LogP contribution in [0, 0.1) is 0 Å². The molecule has 0 bridgehead atoms. The lowest BCUT2D eigenvalue weighted by molar-refractivity contribution is -0.172. The normalized spacial score (nSPS) is 15.5. The molecule has 1 unspecified atom stereocenters. The summed E-state index contributed by atoms with van der Waals surface area (Å²) < 4.78 is 33.9. The van der Waals surface area contributed by atoms with Crippen molar-refractivity contribution >= 4 is 79.0 Å². The number of phenolic OH excluding ortho intramolecular Hbond substituents is 2. The number of fused-ring (bicyclic) bond motifs is 1. The maximum absolute atomic E-state index is 13.6. The van der Waals surface area contributed by atoms with Gasteiger partial charge in [0, 0.05) is 17.6 Å². The molecule has 0 aliphatic carbocycles. The number of hydrogen-bond donors (Lipinski definition) is 7. The Morgan fingerprint density at radius 3 is 2.23 bits per heavy atom. The zero-order valence-electron chi connectivity index (χ0n) is 33.4. The van der Waals surface area contributed by atoms with Crippen molar-refractivity contribution in [3.8, 4) is 11.5 Å². The Morgan fingerprint density at radius 1 is 0.984 bits per heavy atom. The molecule has 2 aromatic heterocycles. The third-order valence-corrected chi connectivity index (χ3v) is 11.7. The van der Waals surface area contributed by atoms with Crippen molar-refractivity contribution < 1.29 is 57.0 Å². The van der Waals surface area contributed by atoms with E-state index in [1.165, 1.54) is 19.2 Å². The molecule has 2 aliphatic rings. The second-order valence-electron chi connectivity index (χ2n) is 14.5. The van der Waals surface area contributed by atoms with E-state index < -0.39 is 112 Å². The summed E-state index contributed by atoms with van der Waals surface area (Å²) in [5, 5.41) is 27.6. The lowest BCUT2D eigenvalue weighted by atomic mass is 10.0. The van der Waals surface area contributed by atoms with Crippen LogP contribution in [0.3, 0.4) is 0 Å². The van der Waals surface area contributed by atoms with Gasteiger partial charge in [-0.3, -0.25) is 29.5 Å². The molecule has 23 nitrogen and oxygen atoms in total. The summed E-state index contributed by atoms with van der Waals surface area (Å²) >= 11 is 0.950. The molecule has 0 saturated carbocycles. The van der Waals surface area contributed by atoms with Crippen molar-refractivity contribution in [1.82, 2.24) is 39.6 Å². The minimum atomic E-state index is -4.99. The van der Waals surface area contributed by atoms with Gasteiger partial charge in [0.15, 0.2) is 28.4 Å². The fourth-order valence-electron chi connectivity index (χ4n) is 6.23. The molecule has 4 heterocycles. The number of likely N-dealkylation sites (tertiary alicyclic amines) is 1. The number of rotatable bonds is 13. The SMILES string of the molecule is CC(C)(ON=C(C(=O)NC1CN(C(=O)NS(=O)(=O)N2CCN(NC(=O)c3c[nH]c4cc(O)c(O)cc4c3=O)C2=O)C1=O)c1csc(N)n1)C(=O)OC(c1ccccc1)c1ccccc1. The van der Waals surface area contributed by atoms with Gasteiger partial charge in [0.05, 0.1) is 30.5 Å². The van der Waals surface area contributed by atoms with Gasteiger partial charge in [0.1, 0.15) is 17.3 Å². The van der Waals surface area contributed by atoms with E-state index in [0.29, 0.717) is 21.0 Å². The number of benzene rings is 3. The number of carbonyl (C=O) groups is 6. The predicted octanol–water partition coefficient (Wildman–Crippen LogP) is 1.17. The first kappa shape index (κ1) is 44.0. The van der Waals surface area contributed by atoms with Gasteiger partial charge < -0.3 is 35.8 Å². The Hall–Kier alpha value is -8.06. The number of nitrogen functional groups attached to an aromatic ring is 1. The highest BCUT2D eigenvalue weighted by Gasteiger charge is 2.46. The summed E-state index contributed by atoms with van der Waals surface area (Å²) in [6.45, 7) is 1.18. The summed E-state index contributed by atoms with van der Waals surface area (Å²) in [5.41, 5.74) is 5.52. The van der Waals surface area contributed by atoms with Gasteiger partial charge in [-0.15, -0.1) is 11.3 Å². The molecule has 0 radical (unpaired) electrons. The number of β-lactam (4-membered cyclic amide) rings is 1.